The van der Waals surface area contributed by atoms with Gasteiger partial charge in [-0.2, -0.15) is 0 Å². The van der Waals surface area contributed by atoms with Gasteiger partial charge in [0.25, 0.3) is 0 Å². The number of hydrogen-bond acceptors (Lipinski definition) is 1. The number of rotatable bonds is 3. The highest BCUT2D eigenvalue weighted by atomic mass is 35.5. The van der Waals surface area contributed by atoms with Crippen molar-refractivity contribution in [2.24, 2.45) is 11.1 Å². The van der Waals surface area contributed by atoms with Crippen LogP contribution in [0.4, 0.5) is 0 Å². The van der Waals surface area contributed by atoms with E-state index < -0.39 is 0 Å². The average molecular weight is 260 g/mol. The number of hydrogen-bond donors (Lipinski definition) is 1. The van der Waals surface area contributed by atoms with E-state index in [1.165, 1.54) is 0 Å². The van der Waals surface area contributed by atoms with E-state index in [-0.39, 0.29) is 11.5 Å². The summed E-state index contributed by atoms with van der Waals surface area (Å²) in [7, 11) is 0. The van der Waals surface area contributed by atoms with Crippen LogP contribution in [-0.4, -0.2) is 6.04 Å². The molecule has 1 unspecified atom stereocenters. The average Bonchev–Trinajstić information content (AvgIpc) is 2.15. The van der Waals surface area contributed by atoms with Crippen molar-refractivity contribution in [3.05, 3.63) is 33.8 Å². The fourth-order valence-electron chi connectivity index (χ4n) is 1.50. The van der Waals surface area contributed by atoms with Gasteiger partial charge in [-0.05, 0) is 36.0 Å². The SMILES string of the molecule is CC(C)(C)C(N)CCc1c(Cl)cccc1Cl. The first kappa shape index (κ1) is 13.8. The smallest absolute Gasteiger partial charge is 0.0452 e. The van der Waals surface area contributed by atoms with Crippen molar-refractivity contribution < 1.29 is 0 Å². The van der Waals surface area contributed by atoms with Crippen molar-refractivity contribution in [3.8, 4) is 0 Å². The molecule has 0 radical (unpaired) electrons. The maximum Gasteiger partial charge on any atom is 0.0452 e. The van der Waals surface area contributed by atoms with Crippen LogP contribution in [0, 0.1) is 5.41 Å². The summed E-state index contributed by atoms with van der Waals surface area (Å²) in [5.41, 5.74) is 7.24. The molecule has 1 nitrogen and oxygen atoms in total. The molecule has 0 aliphatic heterocycles. The van der Waals surface area contributed by atoms with Crippen LogP contribution in [0.2, 0.25) is 10.0 Å². The summed E-state index contributed by atoms with van der Waals surface area (Å²) >= 11 is 12.2. The lowest BCUT2D eigenvalue weighted by Gasteiger charge is -2.27. The molecule has 2 N–H and O–H groups in total. The fourth-order valence-corrected chi connectivity index (χ4v) is 2.09. The Kier molecular flexibility index (Phi) is 4.66. The fraction of sp³-hybridized carbons (Fsp3) is 0.538. The van der Waals surface area contributed by atoms with Crippen LogP contribution >= 0.6 is 23.2 Å². The molecular weight excluding hydrogens is 241 g/mol. The first-order valence-electron chi connectivity index (χ1n) is 5.51. The third-order valence-electron chi connectivity index (χ3n) is 2.88. The Labute approximate surface area is 108 Å². The molecule has 16 heavy (non-hydrogen) atoms. The van der Waals surface area contributed by atoms with Gasteiger partial charge in [0.2, 0.25) is 0 Å². The van der Waals surface area contributed by atoms with Gasteiger partial charge in [0.15, 0.2) is 0 Å². The predicted molar refractivity (Wildman–Crippen MR) is 72.2 cm³/mol. The Hall–Kier alpha value is -0.240. The summed E-state index contributed by atoms with van der Waals surface area (Å²) < 4.78 is 0. The summed E-state index contributed by atoms with van der Waals surface area (Å²) in [5, 5.41) is 1.46. The van der Waals surface area contributed by atoms with E-state index in [4.69, 9.17) is 28.9 Å². The molecule has 90 valence electrons. The van der Waals surface area contributed by atoms with Crippen LogP contribution in [0.25, 0.3) is 0 Å². The van der Waals surface area contributed by atoms with E-state index in [2.05, 4.69) is 20.8 Å². The molecule has 1 aromatic rings. The molecule has 0 fully saturated rings. The van der Waals surface area contributed by atoms with Gasteiger partial charge in [-0.3, -0.25) is 0 Å². The molecule has 1 atom stereocenters. The van der Waals surface area contributed by atoms with Crippen molar-refractivity contribution in [2.45, 2.75) is 39.7 Å². The molecule has 1 aromatic carbocycles. The van der Waals surface area contributed by atoms with E-state index >= 15 is 0 Å². The van der Waals surface area contributed by atoms with Gasteiger partial charge in [-0.25, -0.2) is 0 Å². The molecule has 1 rings (SSSR count). The lowest BCUT2D eigenvalue weighted by molar-refractivity contribution is 0.306. The number of nitrogens with two attached hydrogens (primary N) is 1. The standard InChI is InChI=1S/C13H19Cl2N/c1-13(2,3)12(16)8-7-9-10(14)5-4-6-11(9)15/h4-6,12H,7-8,16H2,1-3H3. The van der Waals surface area contributed by atoms with Crippen LogP contribution in [-0.2, 0) is 6.42 Å². The maximum atomic E-state index is 6.11. The lowest BCUT2D eigenvalue weighted by atomic mass is 9.84. The Balaban J connectivity index is 2.69. The predicted octanol–water partition coefficient (Wildman–Crippen LogP) is 4.30. The van der Waals surface area contributed by atoms with Gasteiger partial charge < -0.3 is 5.73 Å². The van der Waals surface area contributed by atoms with Gasteiger partial charge in [0.1, 0.15) is 0 Å². The first-order valence-corrected chi connectivity index (χ1v) is 6.26. The maximum absolute atomic E-state index is 6.11. The van der Waals surface area contributed by atoms with Crippen molar-refractivity contribution in [3.63, 3.8) is 0 Å². The minimum Gasteiger partial charge on any atom is -0.327 e. The molecule has 0 saturated carbocycles. The van der Waals surface area contributed by atoms with Crippen molar-refractivity contribution in [2.75, 3.05) is 0 Å². The Morgan fingerprint density at radius 2 is 1.69 bits per heavy atom. The largest absolute Gasteiger partial charge is 0.327 e. The van der Waals surface area contributed by atoms with E-state index in [9.17, 15) is 0 Å². The first-order chi connectivity index (χ1) is 7.32. The third-order valence-corrected chi connectivity index (χ3v) is 3.59. The second kappa shape index (κ2) is 5.39. The van der Waals surface area contributed by atoms with Gasteiger partial charge in [0.05, 0.1) is 0 Å². The van der Waals surface area contributed by atoms with E-state index in [1.54, 1.807) is 0 Å². The molecule has 0 saturated heterocycles. The zero-order chi connectivity index (χ0) is 12.3. The van der Waals surface area contributed by atoms with Gasteiger partial charge >= 0.3 is 0 Å². The topological polar surface area (TPSA) is 26.0 Å². The molecule has 0 aromatic heterocycles. The van der Waals surface area contributed by atoms with Crippen LogP contribution in [0.15, 0.2) is 18.2 Å². The Morgan fingerprint density at radius 3 is 2.12 bits per heavy atom. The van der Waals surface area contributed by atoms with Crippen LogP contribution in [0.1, 0.15) is 32.8 Å². The van der Waals surface area contributed by atoms with E-state index in [1.807, 2.05) is 18.2 Å². The van der Waals surface area contributed by atoms with Crippen molar-refractivity contribution in [1.29, 1.82) is 0 Å². The Morgan fingerprint density at radius 1 is 1.19 bits per heavy atom. The monoisotopic (exact) mass is 259 g/mol. The lowest BCUT2D eigenvalue weighted by Crippen LogP contribution is -2.35. The van der Waals surface area contributed by atoms with E-state index in [0.29, 0.717) is 0 Å². The summed E-state index contributed by atoms with van der Waals surface area (Å²) in [6.07, 6.45) is 1.73. The van der Waals surface area contributed by atoms with Crippen LogP contribution in [0.3, 0.4) is 0 Å². The second-order valence-electron chi connectivity index (χ2n) is 5.21. The molecule has 3 heteroatoms. The van der Waals surface area contributed by atoms with Gasteiger partial charge in [-0.15, -0.1) is 0 Å². The molecule has 0 spiro atoms. The van der Waals surface area contributed by atoms with Crippen LogP contribution < -0.4 is 5.73 Å². The van der Waals surface area contributed by atoms with Crippen molar-refractivity contribution >= 4 is 23.2 Å². The number of halogens is 2. The minimum absolute atomic E-state index is 0.119. The summed E-state index contributed by atoms with van der Waals surface area (Å²) in [4.78, 5) is 0. The summed E-state index contributed by atoms with van der Waals surface area (Å²) in [5.74, 6) is 0. The zero-order valence-electron chi connectivity index (χ0n) is 10.1. The molecule has 0 aliphatic carbocycles. The van der Waals surface area contributed by atoms with E-state index in [0.717, 1.165) is 28.5 Å². The van der Waals surface area contributed by atoms with Crippen molar-refractivity contribution in [1.82, 2.24) is 0 Å². The molecule has 0 heterocycles. The summed E-state index contributed by atoms with van der Waals surface area (Å²) in [6.45, 7) is 6.43. The molecule has 0 aliphatic rings. The molecular formula is C13H19Cl2N. The quantitative estimate of drug-likeness (QED) is 0.861. The molecule has 0 amide bonds. The van der Waals surface area contributed by atoms with Gasteiger partial charge in [-0.1, -0.05) is 50.0 Å². The third kappa shape index (κ3) is 3.65. The molecule has 0 bridgehead atoms. The number of benzene rings is 1. The normalized spacial score (nSPS) is 13.9. The second-order valence-corrected chi connectivity index (χ2v) is 6.03. The highest BCUT2D eigenvalue weighted by Crippen LogP contribution is 2.28. The highest BCUT2D eigenvalue weighted by molar-refractivity contribution is 6.35. The van der Waals surface area contributed by atoms with Crippen LogP contribution in [0.5, 0.6) is 0 Å². The zero-order valence-corrected chi connectivity index (χ0v) is 11.6. The van der Waals surface area contributed by atoms with Gasteiger partial charge in [0, 0.05) is 16.1 Å². The highest BCUT2D eigenvalue weighted by Gasteiger charge is 2.20. The Bertz CT molecular complexity index is 335. The minimum atomic E-state index is 0.119. The summed E-state index contributed by atoms with van der Waals surface area (Å²) in [6, 6.07) is 5.74.